The second-order valence-corrected chi connectivity index (χ2v) is 6.03. The number of nitrogens with zero attached hydrogens (tertiary/aromatic N) is 2. The first kappa shape index (κ1) is 15.5. The van der Waals surface area contributed by atoms with Gasteiger partial charge in [0.25, 0.3) is 0 Å². The normalized spacial score (nSPS) is 12.3. The topological polar surface area (TPSA) is 52.5 Å². The van der Waals surface area contributed by atoms with E-state index in [1.165, 1.54) is 0 Å². The van der Waals surface area contributed by atoms with E-state index in [1.54, 1.807) is 7.11 Å². The molecule has 1 unspecified atom stereocenters. The average Bonchev–Trinajstić information content (AvgIpc) is 2.94. The van der Waals surface area contributed by atoms with Crippen LogP contribution in [0.25, 0.3) is 16.9 Å². The molecule has 1 aromatic carbocycles. The number of ether oxygens (including phenoxy) is 1. The zero-order valence-corrected chi connectivity index (χ0v) is 14.2. The monoisotopic (exact) mass is 325 g/mol. The van der Waals surface area contributed by atoms with E-state index in [0.717, 1.165) is 33.9 Å². The molecule has 3 aromatic rings. The highest BCUT2D eigenvalue weighted by Gasteiger charge is 2.23. The van der Waals surface area contributed by atoms with Gasteiger partial charge in [-0.05, 0) is 30.7 Å². The molecule has 2 aromatic heterocycles. The van der Waals surface area contributed by atoms with Crippen molar-refractivity contribution in [2.24, 2.45) is 5.73 Å². The van der Waals surface area contributed by atoms with Crippen molar-refractivity contribution in [1.82, 2.24) is 9.38 Å². The van der Waals surface area contributed by atoms with Crippen molar-refractivity contribution >= 4 is 22.9 Å². The Morgan fingerprint density at radius 1 is 1.26 bits per heavy atom. The number of pyridine rings is 1. The highest BCUT2D eigenvalue weighted by Crippen LogP contribution is 2.36. The van der Waals surface area contributed by atoms with Gasteiger partial charge in [0.2, 0.25) is 0 Å². The lowest BCUT2D eigenvalue weighted by Gasteiger charge is -2.14. The first-order chi connectivity index (χ1) is 11.0. The van der Waals surface area contributed by atoms with Crippen LogP contribution in [0.3, 0.4) is 0 Å². The van der Waals surface area contributed by atoms with Gasteiger partial charge in [-0.2, -0.15) is 0 Å². The summed E-state index contributed by atoms with van der Waals surface area (Å²) in [6.45, 7) is 4.05. The minimum atomic E-state index is -0.0956. The zero-order valence-electron chi connectivity index (χ0n) is 13.4. The predicted molar refractivity (Wildman–Crippen MR) is 97.1 cm³/mol. The summed E-state index contributed by atoms with van der Waals surface area (Å²) in [5.74, 6) is 0.687. The van der Waals surface area contributed by atoms with Gasteiger partial charge in [0.15, 0.2) is 0 Å². The number of hydrogen-bond acceptors (Lipinski definition) is 3. The average molecular weight is 325 g/mol. The van der Waals surface area contributed by atoms with Gasteiger partial charge in [0.1, 0.15) is 11.4 Å². The molecule has 0 aliphatic heterocycles. The number of para-hydroxylation sites is 1. The number of fused-ring (bicyclic) bond motifs is 1. The van der Waals surface area contributed by atoms with E-state index in [9.17, 15) is 0 Å². The van der Waals surface area contributed by atoms with E-state index < -0.39 is 0 Å². The van der Waals surface area contributed by atoms with Crippen molar-refractivity contribution in [1.29, 1.82) is 0 Å². The maximum absolute atomic E-state index is 5.93. The summed E-state index contributed by atoms with van der Waals surface area (Å²) in [6.07, 6.45) is 2.00. The third-order valence-electron chi connectivity index (χ3n) is 4.08. The first-order valence-corrected chi connectivity index (χ1v) is 7.85. The van der Waals surface area contributed by atoms with Crippen molar-refractivity contribution < 1.29 is 4.74 Å². The molecule has 1 atom stereocenters. The number of methoxy groups -OCH3 is 1. The predicted octanol–water partition coefficient (Wildman–Crippen LogP) is 3.71. The van der Waals surface area contributed by atoms with E-state index in [1.807, 2.05) is 56.4 Å². The number of benzene rings is 1. The Morgan fingerprint density at radius 3 is 2.70 bits per heavy atom. The van der Waals surface area contributed by atoms with Gasteiger partial charge in [-0.15, -0.1) is 0 Å². The number of nitrogens with two attached hydrogens (primary N) is 1. The Labute approximate surface area is 140 Å². The minimum absolute atomic E-state index is 0.0956. The number of imidazole rings is 1. The van der Waals surface area contributed by atoms with Crippen molar-refractivity contribution in [3.8, 4) is 17.0 Å². The quantitative estimate of drug-likeness (QED) is 0.743. The molecule has 0 saturated heterocycles. The lowest BCUT2D eigenvalue weighted by Crippen LogP contribution is -2.18. The van der Waals surface area contributed by atoms with E-state index in [-0.39, 0.29) is 5.92 Å². The number of aryl methyl sites for hydroxylation is 1. The van der Waals surface area contributed by atoms with Crippen LogP contribution in [0.2, 0.25) is 0 Å². The van der Waals surface area contributed by atoms with Crippen LogP contribution in [0.4, 0.5) is 0 Å². The molecule has 0 aliphatic carbocycles. The SMILES string of the molecule is COc1ccccc1-c1nc2c(C)cccn2c1C(C)C(N)=S. The zero-order chi connectivity index (χ0) is 16.6. The Balaban J connectivity index is 2.38. The molecule has 5 heteroatoms. The standard InChI is InChI=1S/C18H19N3OS/c1-11-7-6-10-21-16(12(2)17(19)23)15(20-18(11)21)13-8-4-5-9-14(13)22-3/h4-10,12H,1-3H3,(H2,19,23). The van der Waals surface area contributed by atoms with Gasteiger partial charge in [0, 0.05) is 17.7 Å². The number of hydrogen-bond donors (Lipinski definition) is 1. The third kappa shape index (κ3) is 2.57. The molecule has 2 heterocycles. The molecule has 118 valence electrons. The van der Waals surface area contributed by atoms with Gasteiger partial charge in [-0.1, -0.05) is 37.3 Å². The van der Waals surface area contributed by atoms with E-state index in [0.29, 0.717) is 4.99 Å². The molecule has 0 bridgehead atoms. The lowest BCUT2D eigenvalue weighted by molar-refractivity contribution is 0.416. The second kappa shape index (κ2) is 6.01. The molecule has 0 aliphatic rings. The van der Waals surface area contributed by atoms with Crippen LogP contribution in [-0.4, -0.2) is 21.5 Å². The second-order valence-electron chi connectivity index (χ2n) is 5.55. The molecular weight excluding hydrogens is 306 g/mol. The Kier molecular flexibility index (Phi) is 4.05. The third-order valence-corrected chi connectivity index (χ3v) is 4.43. The summed E-state index contributed by atoms with van der Waals surface area (Å²) in [4.78, 5) is 5.31. The summed E-state index contributed by atoms with van der Waals surface area (Å²) in [5, 5.41) is 0. The highest BCUT2D eigenvalue weighted by atomic mass is 32.1. The summed E-state index contributed by atoms with van der Waals surface area (Å²) >= 11 is 5.24. The summed E-state index contributed by atoms with van der Waals surface area (Å²) in [7, 11) is 1.66. The summed E-state index contributed by atoms with van der Waals surface area (Å²) < 4.78 is 7.58. The Bertz CT molecular complexity index is 885. The molecule has 0 amide bonds. The van der Waals surface area contributed by atoms with Crippen LogP contribution >= 0.6 is 12.2 Å². The van der Waals surface area contributed by atoms with Crippen LogP contribution in [0.1, 0.15) is 24.1 Å². The van der Waals surface area contributed by atoms with Gasteiger partial charge < -0.3 is 14.9 Å². The summed E-state index contributed by atoms with van der Waals surface area (Å²) in [5.41, 5.74) is 10.7. The largest absolute Gasteiger partial charge is 0.496 e. The molecule has 0 fully saturated rings. The van der Waals surface area contributed by atoms with Gasteiger partial charge in [-0.25, -0.2) is 4.98 Å². The first-order valence-electron chi connectivity index (χ1n) is 7.45. The van der Waals surface area contributed by atoms with Crippen LogP contribution < -0.4 is 10.5 Å². The van der Waals surface area contributed by atoms with Crippen molar-refractivity contribution in [3.05, 3.63) is 53.9 Å². The van der Waals surface area contributed by atoms with E-state index >= 15 is 0 Å². The molecular formula is C18H19N3OS. The molecule has 0 saturated carbocycles. The molecule has 3 rings (SSSR count). The van der Waals surface area contributed by atoms with Crippen LogP contribution in [0.5, 0.6) is 5.75 Å². The number of aromatic nitrogens is 2. The maximum Gasteiger partial charge on any atom is 0.140 e. The fraction of sp³-hybridized carbons (Fsp3) is 0.222. The Morgan fingerprint density at radius 2 is 2.00 bits per heavy atom. The molecule has 0 radical (unpaired) electrons. The van der Waals surface area contributed by atoms with Crippen LogP contribution in [0, 0.1) is 6.92 Å². The number of thiocarbonyl (C=S) groups is 1. The van der Waals surface area contributed by atoms with Gasteiger partial charge in [-0.3, -0.25) is 0 Å². The van der Waals surface area contributed by atoms with E-state index in [2.05, 4.69) is 4.40 Å². The van der Waals surface area contributed by atoms with E-state index in [4.69, 9.17) is 27.7 Å². The fourth-order valence-corrected chi connectivity index (χ4v) is 2.92. The minimum Gasteiger partial charge on any atom is -0.496 e. The van der Waals surface area contributed by atoms with Crippen LogP contribution in [-0.2, 0) is 0 Å². The maximum atomic E-state index is 5.93. The Hall–Kier alpha value is -2.40. The van der Waals surface area contributed by atoms with Gasteiger partial charge in [0.05, 0.1) is 23.5 Å². The van der Waals surface area contributed by atoms with Crippen molar-refractivity contribution in [3.63, 3.8) is 0 Å². The molecule has 23 heavy (non-hydrogen) atoms. The van der Waals surface area contributed by atoms with Crippen LogP contribution in [0.15, 0.2) is 42.6 Å². The number of rotatable bonds is 4. The summed E-state index contributed by atoms with van der Waals surface area (Å²) in [6, 6.07) is 11.9. The molecule has 4 nitrogen and oxygen atoms in total. The lowest BCUT2D eigenvalue weighted by atomic mass is 10.0. The van der Waals surface area contributed by atoms with Crippen molar-refractivity contribution in [2.45, 2.75) is 19.8 Å². The molecule has 0 spiro atoms. The fourth-order valence-electron chi connectivity index (χ4n) is 2.81. The van der Waals surface area contributed by atoms with Gasteiger partial charge >= 0.3 is 0 Å². The molecule has 2 N–H and O–H groups in total. The smallest absolute Gasteiger partial charge is 0.140 e. The highest BCUT2D eigenvalue weighted by molar-refractivity contribution is 7.80. The van der Waals surface area contributed by atoms with Crippen molar-refractivity contribution in [2.75, 3.05) is 7.11 Å².